The minimum absolute atomic E-state index is 0.170. The van der Waals surface area contributed by atoms with Crippen LogP contribution in [0.2, 0.25) is 0 Å². The summed E-state index contributed by atoms with van der Waals surface area (Å²) >= 11 is 0. The second kappa shape index (κ2) is 5.98. The molecular weight excluding hydrogens is 326 g/mol. The number of aliphatic imine (C=N–C) groups is 1. The molecule has 0 radical (unpaired) electrons. The highest BCUT2D eigenvalue weighted by Gasteiger charge is 2.31. The number of nitrogens with one attached hydrogen (secondary N) is 1. The van der Waals surface area contributed by atoms with Crippen molar-refractivity contribution in [2.24, 2.45) is 17.8 Å². The predicted molar refractivity (Wildman–Crippen MR) is 103 cm³/mol. The number of nitrogens with two attached hydrogens (primary N) is 1. The molecule has 0 saturated heterocycles. The van der Waals surface area contributed by atoms with E-state index in [-0.39, 0.29) is 11.5 Å². The van der Waals surface area contributed by atoms with Crippen molar-refractivity contribution in [1.29, 1.82) is 0 Å². The van der Waals surface area contributed by atoms with Crippen molar-refractivity contribution in [1.82, 2.24) is 14.5 Å². The Labute approximate surface area is 151 Å². The third-order valence-electron chi connectivity index (χ3n) is 5.09. The largest absolute Gasteiger partial charge is 0.395 e. The molecular formula is C20H21N5O. The Balaban J connectivity index is 1.68. The van der Waals surface area contributed by atoms with E-state index in [0.717, 1.165) is 23.5 Å². The highest BCUT2D eigenvalue weighted by atomic mass is 16.1. The van der Waals surface area contributed by atoms with Crippen LogP contribution in [0.5, 0.6) is 0 Å². The zero-order chi connectivity index (χ0) is 18.4. The summed E-state index contributed by atoms with van der Waals surface area (Å²) in [4.78, 5) is 25.1. The molecule has 2 aromatic heterocycles. The molecule has 0 atom stereocenters. The van der Waals surface area contributed by atoms with Gasteiger partial charge in [-0.2, -0.15) is 0 Å². The van der Waals surface area contributed by atoms with E-state index in [2.05, 4.69) is 22.1 Å². The Kier molecular flexibility index (Phi) is 3.76. The van der Waals surface area contributed by atoms with Gasteiger partial charge in [0.05, 0.1) is 11.4 Å². The molecule has 6 heteroatoms. The minimum atomic E-state index is -0.170. The van der Waals surface area contributed by atoms with E-state index in [4.69, 9.17) is 10.7 Å². The Morgan fingerprint density at radius 2 is 2.04 bits per heavy atom. The predicted octanol–water partition coefficient (Wildman–Crippen LogP) is 2.67. The summed E-state index contributed by atoms with van der Waals surface area (Å²) in [7, 11) is 1.83. The van der Waals surface area contributed by atoms with Crippen LogP contribution < -0.4 is 5.73 Å². The number of aromatic nitrogens is 3. The molecule has 1 aliphatic carbocycles. The second-order valence-electron chi connectivity index (χ2n) is 6.62. The van der Waals surface area contributed by atoms with Crippen molar-refractivity contribution in [2.75, 3.05) is 6.54 Å². The first-order valence-corrected chi connectivity index (χ1v) is 8.63. The summed E-state index contributed by atoms with van der Waals surface area (Å²) < 4.78 is 1.78. The SMILES string of the molecule is CC1=C(N)C(=O)c2c(nc(C)n2C)C1=NCCc1c[nH]c2ccccc12. The summed E-state index contributed by atoms with van der Waals surface area (Å²) in [6.45, 7) is 4.32. The molecule has 3 aromatic rings. The highest BCUT2D eigenvalue weighted by Crippen LogP contribution is 2.25. The van der Waals surface area contributed by atoms with Gasteiger partial charge in [-0.1, -0.05) is 18.2 Å². The summed E-state index contributed by atoms with van der Waals surface area (Å²) in [6, 6.07) is 8.23. The minimum Gasteiger partial charge on any atom is -0.395 e. The first-order valence-electron chi connectivity index (χ1n) is 8.63. The molecule has 0 spiro atoms. The Bertz CT molecular complexity index is 1100. The molecule has 132 valence electrons. The smallest absolute Gasteiger partial charge is 0.227 e. The van der Waals surface area contributed by atoms with Crippen LogP contribution in [-0.2, 0) is 13.5 Å². The number of carbonyl (C=O) groups excluding carboxylic acids is 1. The lowest BCUT2D eigenvalue weighted by atomic mass is 9.95. The van der Waals surface area contributed by atoms with Crippen molar-refractivity contribution in [3.05, 3.63) is 64.5 Å². The fourth-order valence-electron chi connectivity index (χ4n) is 3.46. The number of imidazole rings is 1. The molecule has 0 bridgehead atoms. The zero-order valence-electron chi connectivity index (χ0n) is 15.1. The molecule has 4 rings (SSSR count). The van der Waals surface area contributed by atoms with E-state index in [1.165, 1.54) is 10.9 Å². The summed E-state index contributed by atoms with van der Waals surface area (Å²) in [5.74, 6) is 0.603. The number of hydrogen-bond acceptors (Lipinski definition) is 4. The van der Waals surface area contributed by atoms with Crippen LogP contribution in [0.4, 0.5) is 0 Å². The number of rotatable bonds is 3. The third kappa shape index (κ3) is 2.37. The zero-order valence-corrected chi connectivity index (χ0v) is 15.1. The molecule has 0 amide bonds. The van der Waals surface area contributed by atoms with Crippen molar-refractivity contribution < 1.29 is 4.79 Å². The molecule has 1 aliphatic rings. The van der Waals surface area contributed by atoms with Gasteiger partial charge in [-0.15, -0.1) is 0 Å². The Morgan fingerprint density at radius 1 is 1.27 bits per heavy atom. The molecule has 6 nitrogen and oxygen atoms in total. The fraction of sp³-hybridized carbons (Fsp3) is 0.250. The monoisotopic (exact) mass is 347 g/mol. The molecule has 1 aromatic carbocycles. The normalized spacial score (nSPS) is 16.0. The maximum absolute atomic E-state index is 12.5. The summed E-state index contributed by atoms with van der Waals surface area (Å²) in [5.41, 5.74) is 11.3. The van der Waals surface area contributed by atoms with E-state index in [9.17, 15) is 4.79 Å². The van der Waals surface area contributed by atoms with E-state index in [1.54, 1.807) is 4.57 Å². The fourth-order valence-corrected chi connectivity index (χ4v) is 3.46. The Hall–Kier alpha value is -3.15. The number of allylic oxidation sites excluding steroid dienone is 2. The van der Waals surface area contributed by atoms with Crippen molar-refractivity contribution in [3.8, 4) is 0 Å². The number of benzene rings is 1. The van der Waals surface area contributed by atoms with Crippen LogP contribution in [0.1, 0.15) is 34.5 Å². The van der Waals surface area contributed by atoms with Crippen LogP contribution in [0.25, 0.3) is 10.9 Å². The van der Waals surface area contributed by atoms with Crippen LogP contribution in [0.3, 0.4) is 0 Å². The number of aromatic amines is 1. The quantitative estimate of drug-likeness (QED) is 0.763. The number of para-hydroxylation sites is 1. The van der Waals surface area contributed by atoms with Crippen LogP contribution in [0, 0.1) is 6.92 Å². The highest BCUT2D eigenvalue weighted by molar-refractivity contribution is 6.26. The van der Waals surface area contributed by atoms with Gasteiger partial charge in [0.15, 0.2) is 0 Å². The summed E-state index contributed by atoms with van der Waals surface area (Å²) in [6.07, 6.45) is 2.83. The summed E-state index contributed by atoms with van der Waals surface area (Å²) in [5, 5.41) is 1.22. The van der Waals surface area contributed by atoms with Gasteiger partial charge >= 0.3 is 0 Å². The van der Waals surface area contributed by atoms with E-state index >= 15 is 0 Å². The lowest BCUT2D eigenvalue weighted by Crippen LogP contribution is -2.27. The molecule has 0 unspecified atom stereocenters. The van der Waals surface area contributed by atoms with Crippen molar-refractivity contribution in [2.45, 2.75) is 20.3 Å². The lowest BCUT2D eigenvalue weighted by Gasteiger charge is -2.16. The maximum atomic E-state index is 12.5. The van der Waals surface area contributed by atoms with E-state index < -0.39 is 0 Å². The number of ketones is 1. The van der Waals surface area contributed by atoms with Gasteiger partial charge in [-0.25, -0.2) is 4.98 Å². The number of carbonyl (C=O) groups is 1. The van der Waals surface area contributed by atoms with Gasteiger partial charge in [0.2, 0.25) is 5.78 Å². The molecule has 0 saturated carbocycles. The Morgan fingerprint density at radius 3 is 2.85 bits per heavy atom. The third-order valence-corrected chi connectivity index (χ3v) is 5.09. The van der Waals surface area contributed by atoms with Gasteiger partial charge in [-0.05, 0) is 31.9 Å². The average molecular weight is 347 g/mol. The molecule has 2 heterocycles. The number of H-pyrrole nitrogens is 1. The molecule has 0 aliphatic heterocycles. The van der Waals surface area contributed by atoms with Gasteiger partial charge in [-0.3, -0.25) is 9.79 Å². The number of hydrogen-bond donors (Lipinski definition) is 2. The van der Waals surface area contributed by atoms with Gasteiger partial charge in [0.1, 0.15) is 17.2 Å². The van der Waals surface area contributed by atoms with Crippen molar-refractivity contribution in [3.63, 3.8) is 0 Å². The topological polar surface area (TPSA) is 89.1 Å². The number of Topliss-reactive ketones (excluding diaryl/α,β-unsaturated/α-hetero) is 1. The van der Waals surface area contributed by atoms with Crippen molar-refractivity contribution >= 4 is 22.4 Å². The van der Waals surface area contributed by atoms with Crippen LogP contribution >= 0.6 is 0 Å². The van der Waals surface area contributed by atoms with Gasteiger partial charge < -0.3 is 15.3 Å². The molecule has 0 fully saturated rings. The number of aryl methyl sites for hydroxylation is 1. The van der Waals surface area contributed by atoms with E-state index in [1.807, 2.05) is 39.2 Å². The molecule has 26 heavy (non-hydrogen) atoms. The standard InChI is InChI=1S/C20H21N5O/c1-11-16(21)20(26)19-18(24-12(2)25(19)3)17(11)22-9-8-13-10-23-15-7-5-4-6-14(13)15/h4-7,10,23H,8-9,21H2,1-3H3. The number of nitrogens with zero attached hydrogens (tertiary/aromatic N) is 3. The van der Waals surface area contributed by atoms with Crippen LogP contribution in [0.15, 0.2) is 46.7 Å². The number of fused-ring (bicyclic) bond motifs is 2. The van der Waals surface area contributed by atoms with Crippen LogP contribution in [-0.4, -0.2) is 32.6 Å². The maximum Gasteiger partial charge on any atom is 0.227 e. The average Bonchev–Trinajstić information content (AvgIpc) is 3.18. The second-order valence-corrected chi connectivity index (χ2v) is 6.62. The van der Waals surface area contributed by atoms with E-state index in [0.29, 0.717) is 23.5 Å². The van der Waals surface area contributed by atoms with Gasteiger partial charge in [0, 0.05) is 36.3 Å². The first kappa shape index (κ1) is 16.3. The van der Waals surface area contributed by atoms with Gasteiger partial charge in [0.25, 0.3) is 0 Å². The molecule has 3 N–H and O–H groups in total. The first-order chi connectivity index (χ1) is 12.5. The lowest BCUT2D eigenvalue weighted by molar-refractivity contribution is 0.102.